The third-order valence-electron chi connectivity index (χ3n) is 3.06. The number of nitrogens with one attached hydrogen (secondary N) is 1. The summed E-state index contributed by atoms with van der Waals surface area (Å²) in [7, 11) is 0. The molecule has 112 valence electrons. The fourth-order valence-electron chi connectivity index (χ4n) is 2.11. The summed E-state index contributed by atoms with van der Waals surface area (Å²) in [6.07, 6.45) is 1.17. The van der Waals surface area contributed by atoms with Gasteiger partial charge in [-0.1, -0.05) is 39.0 Å². The highest BCUT2D eigenvalue weighted by Crippen LogP contribution is 2.20. The Kier molecular flexibility index (Phi) is 6.02. The third kappa shape index (κ3) is 6.57. The Morgan fingerprint density at radius 3 is 2.60 bits per heavy atom. The van der Waals surface area contributed by atoms with Gasteiger partial charge in [0.05, 0.1) is 6.10 Å². The Balaban J connectivity index is 2.29. The zero-order chi connectivity index (χ0) is 15.2. The highest BCUT2D eigenvalue weighted by atomic mass is 16.3. The molecule has 20 heavy (non-hydrogen) atoms. The number of anilines is 1. The molecule has 1 atom stereocenters. The molecule has 4 nitrogen and oxygen atoms in total. The zero-order valence-electron chi connectivity index (χ0n) is 12.6. The maximum absolute atomic E-state index is 11.7. The van der Waals surface area contributed by atoms with E-state index in [-0.39, 0.29) is 11.3 Å². The molecule has 1 aromatic rings. The van der Waals surface area contributed by atoms with Crippen LogP contribution in [0.1, 0.15) is 39.2 Å². The first-order chi connectivity index (χ1) is 9.28. The van der Waals surface area contributed by atoms with Crippen LogP contribution in [0.2, 0.25) is 0 Å². The molecule has 0 aromatic heterocycles. The second kappa shape index (κ2) is 7.29. The molecule has 4 N–H and O–H groups in total. The average molecular weight is 278 g/mol. The largest absolute Gasteiger partial charge is 0.399 e. The number of para-hydroxylation sites is 1. The SMILES string of the molecule is CC(C)(C)CC(O)CNC(=O)CCc1ccccc1N. The van der Waals surface area contributed by atoms with Crippen LogP contribution in [0, 0.1) is 5.41 Å². The quantitative estimate of drug-likeness (QED) is 0.698. The number of benzene rings is 1. The molecule has 0 heterocycles. The van der Waals surface area contributed by atoms with Crippen LogP contribution < -0.4 is 11.1 Å². The number of aliphatic hydroxyl groups excluding tert-OH is 1. The molecule has 0 aliphatic rings. The summed E-state index contributed by atoms with van der Waals surface area (Å²) in [6.45, 7) is 6.50. The van der Waals surface area contributed by atoms with Gasteiger partial charge in [0.2, 0.25) is 5.91 Å². The summed E-state index contributed by atoms with van der Waals surface area (Å²) >= 11 is 0. The molecule has 1 amide bonds. The molecule has 0 saturated carbocycles. The van der Waals surface area contributed by atoms with Crippen molar-refractivity contribution < 1.29 is 9.90 Å². The molecule has 0 aliphatic heterocycles. The van der Waals surface area contributed by atoms with Crippen molar-refractivity contribution in [3.8, 4) is 0 Å². The van der Waals surface area contributed by atoms with Gasteiger partial charge in [-0.25, -0.2) is 0 Å². The number of amides is 1. The van der Waals surface area contributed by atoms with E-state index in [0.717, 1.165) is 5.56 Å². The van der Waals surface area contributed by atoms with Crippen LogP contribution in [0.25, 0.3) is 0 Å². The summed E-state index contributed by atoms with van der Waals surface area (Å²) in [6, 6.07) is 7.55. The molecular weight excluding hydrogens is 252 g/mol. The number of aryl methyl sites for hydroxylation is 1. The number of aliphatic hydroxyl groups is 1. The summed E-state index contributed by atoms with van der Waals surface area (Å²) < 4.78 is 0. The minimum absolute atomic E-state index is 0.0544. The summed E-state index contributed by atoms with van der Waals surface area (Å²) in [4.78, 5) is 11.7. The number of carbonyl (C=O) groups is 1. The monoisotopic (exact) mass is 278 g/mol. The van der Waals surface area contributed by atoms with Crippen LogP contribution in [-0.2, 0) is 11.2 Å². The van der Waals surface area contributed by atoms with Crippen molar-refractivity contribution in [2.75, 3.05) is 12.3 Å². The highest BCUT2D eigenvalue weighted by molar-refractivity contribution is 5.76. The van der Waals surface area contributed by atoms with Crippen LogP contribution in [0.4, 0.5) is 5.69 Å². The van der Waals surface area contributed by atoms with E-state index < -0.39 is 6.10 Å². The van der Waals surface area contributed by atoms with Gasteiger partial charge >= 0.3 is 0 Å². The lowest BCUT2D eigenvalue weighted by molar-refractivity contribution is -0.121. The van der Waals surface area contributed by atoms with Crippen LogP contribution >= 0.6 is 0 Å². The van der Waals surface area contributed by atoms with Crippen LogP contribution in [0.5, 0.6) is 0 Å². The molecule has 1 rings (SSSR count). The van der Waals surface area contributed by atoms with Gasteiger partial charge in [-0.05, 0) is 29.9 Å². The molecule has 1 aromatic carbocycles. The third-order valence-corrected chi connectivity index (χ3v) is 3.06. The van der Waals surface area contributed by atoms with Gasteiger partial charge in [-0.15, -0.1) is 0 Å². The Labute approximate surface area is 121 Å². The van der Waals surface area contributed by atoms with Crippen molar-refractivity contribution in [3.63, 3.8) is 0 Å². The number of carbonyl (C=O) groups excluding carboxylic acids is 1. The van der Waals surface area contributed by atoms with Gasteiger partial charge in [-0.3, -0.25) is 4.79 Å². The maximum Gasteiger partial charge on any atom is 0.220 e. The highest BCUT2D eigenvalue weighted by Gasteiger charge is 2.17. The summed E-state index contributed by atoms with van der Waals surface area (Å²) in [5.74, 6) is -0.0544. The molecule has 4 heteroatoms. The fraction of sp³-hybridized carbons (Fsp3) is 0.562. The standard InChI is InChI=1S/C16H26N2O2/c1-16(2,3)10-13(19)11-18-15(20)9-8-12-6-4-5-7-14(12)17/h4-7,13,19H,8-11,17H2,1-3H3,(H,18,20). The molecule has 0 bridgehead atoms. The van der Waals surface area contributed by atoms with Gasteiger partial charge < -0.3 is 16.2 Å². The van der Waals surface area contributed by atoms with Crippen molar-refractivity contribution >= 4 is 11.6 Å². The van der Waals surface area contributed by atoms with Crippen molar-refractivity contribution in [3.05, 3.63) is 29.8 Å². The van der Waals surface area contributed by atoms with Crippen molar-refractivity contribution in [2.24, 2.45) is 5.41 Å². The van der Waals surface area contributed by atoms with Gasteiger partial charge in [0.25, 0.3) is 0 Å². The number of hydrogen-bond donors (Lipinski definition) is 3. The van der Waals surface area contributed by atoms with Gasteiger partial charge in [0.15, 0.2) is 0 Å². The Morgan fingerprint density at radius 1 is 1.35 bits per heavy atom. The first-order valence-electron chi connectivity index (χ1n) is 7.06. The van der Waals surface area contributed by atoms with E-state index in [1.807, 2.05) is 24.3 Å². The average Bonchev–Trinajstić information content (AvgIpc) is 2.33. The Hall–Kier alpha value is -1.55. The Morgan fingerprint density at radius 2 is 2.00 bits per heavy atom. The number of rotatable bonds is 6. The first kappa shape index (κ1) is 16.5. The Bertz CT molecular complexity index is 438. The lowest BCUT2D eigenvalue weighted by atomic mass is 9.89. The predicted octanol–water partition coefficient (Wildman–Crippen LogP) is 2.11. The smallest absolute Gasteiger partial charge is 0.220 e. The molecule has 0 fully saturated rings. The first-order valence-corrected chi connectivity index (χ1v) is 7.06. The van der Waals surface area contributed by atoms with Crippen molar-refractivity contribution in [1.82, 2.24) is 5.32 Å². The van der Waals surface area contributed by atoms with E-state index in [0.29, 0.717) is 31.5 Å². The van der Waals surface area contributed by atoms with E-state index in [9.17, 15) is 9.90 Å². The number of hydrogen-bond acceptors (Lipinski definition) is 3. The maximum atomic E-state index is 11.7. The minimum Gasteiger partial charge on any atom is -0.399 e. The fourth-order valence-corrected chi connectivity index (χ4v) is 2.11. The van der Waals surface area contributed by atoms with Gasteiger partial charge in [0.1, 0.15) is 0 Å². The minimum atomic E-state index is -0.499. The topological polar surface area (TPSA) is 75.3 Å². The second-order valence-electron chi connectivity index (χ2n) is 6.42. The normalized spacial score (nSPS) is 13.0. The van der Waals surface area contributed by atoms with Crippen molar-refractivity contribution in [1.29, 1.82) is 0 Å². The van der Waals surface area contributed by atoms with E-state index in [1.54, 1.807) is 0 Å². The molecule has 0 radical (unpaired) electrons. The second-order valence-corrected chi connectivity index (χ2v) is 6.42. The lowest BCUT2D eigenvalue weighted by Gasteiger charge is -2.22. The van der Waals surface area contributed by atoms with E-state index in [4.69, 9.17) is 5.73 Å². The van der Waals surface area contributed by atoms with Gasteiger partial charge in [0, 0.05) is 18.7 Å². The van der Waals surface area contributed by atoms with Crippen molar-refractivity contribution in [2.45, 2.75) is 46.1 Å². The number of nitrogen functional groups attached to an aromatic ring is 1. The number of nitrogens with two attached hydrogens (primary N) is 1. The molecule has 1 unspecified atom stereocenters. The summed E-state index contributed by atoms with van der Waals surface area (Å²) in [5.41, 5.74) is 7.58. The molecule has 0 spiro atoms. The zero-order valence-corrected chi connectivity index (χ0v) is 12.6. The van der Waals surface area contributed by atoms with E-state index in [2.05, 4.69) is 26.1 Å². The molecule has 0 saturated heterocycles. The molecule has 0 aliphatic carbocycles. The van der Waals surface area contributed by atoms with E-state index in [1.165, 1.54) is 0 Å². The lowest BCUT2D eigenvalue weighted by Crippen LogP contribution is -2.34. The van der Waals surface area contributed by atoms with Crippen LogP contribution in [-0.4, -0.2) is 23.7 Å². The molecular formula is C16H26N2O2. The summed E-state index contributed by atoms with van der Waals surface area (Å²) in [5, 5.41) is 12.6. The van der Waals surface area contributed by atoms with Crippen LogP contribution in [0.3, 0.4) is 0 Å². The predicted molar refractivity (Wildman–Crippen MR) is 82.3 cm³/mol. The van der Waals surface area contributed by atoms with Gasteiger partial charge in [-0.2, -0.15) is 0 Å². The van der Waals surface area contributed by atoms with E-state index >= 15 is 0 Å². The van der Waals surface area contributed by atoms with Crippen LogP contribution in [0.15, 0.2) is 24.3 Å².